The second-order valence-corrected chi connectivity index (χ2v) is 7.22. The number of aliphatic hydroxyl groups is 1. The van der Waals surface area contributed by atoms with Gasteiger partial charge in [0.05, 0.1) is 30.3 Å². The number of allylic oxidation sites excluding steroid dienone is 1. The topological polar surface area (TPSA) is 58.0 Å². The van der Waals surface area contributed by atoms with E-state index in [2.05, 4.69) is 35.3 Å². The fourth-order valence-electron chi connectivity index (χ4n) is 3.09. The highest BCUT2D eigenvalue weighted by Gasteiger charge is 2.43. The van der Waals surface area contributed by atoms with Crippen LogP contribution in [-0.2, 0) is 0 Å². The van der Waals surface area contributed by atoms with Crippen molar-refractivity contribution < 1.29 is 9.84 Å². The standard InChI is InChI=1S/C18H25N3O2/c1-12(2)5-6-23-15-7-16-17(20-11-15)21(13(3)10-19-16)14-8-18(4,22)9-14/h7,10-12,14,22H,3,5-6,8-9H2,1-2,4H3. The maximum absolute atomic E-state index is 10.0. The van der Waals surface area contributed by atoms with Gasteiger partial charge in [-0.1, -0.05) is 20.4 Å². The Morgan fingerprint density at radius 1 is 1.48 bits per heavy atom. The van der Waals surface area contributed by atoms with E-state index in [4.69, 9.17) is 4.74 Å². The number of rotatable bonds is 5. The van der Waals surface area contributed by atoms with Crippen molar-refractivity contribution in [2.75, 3.05) is 11.5 Å². The first kappa shape index (κ1) is 16.0. The van der Waals surface area contributed by atoms with Gasteiger partial charge in [-0.2, -0.15) is 0 Å². The molecular formula is C18H25N3O2. The quantitative estimate of drug-likeness (QED) is 0.904. The van der Waals surface area contributed by atoms with Gasteiger partial charge >= 0.3 is 0 Å². The lowest BCUT2D eigenvalue weighted by Gasteiger charge is -2.48. The molecule has 1 fully saturated rings. The summed E-state index contributed by atoms with van der Waals surface area (Å²) in [6.07, 6.45) is 5.95. The summed E-state index contributed by atoms with van der Waals surface area (Å²) in [4.78, 5) is 11.1. The first-order valence-electron chi connectivity index (χ1n) is 8.23. The summed E-state index contributed by atoms with van der Waals surface area (Å²) in [7, 11) is 0. The summed E-state index contributed by atoms with van der Waals surface area (Å²) < 4.78 is 5.76. The molecule has 1 aliphatic carbocycles. The molecule has 1 aromatic heterocycles. The molecule has 1 aromatic rings. The number of fused-ring (bicyclic) bond motifs is 1. The van der Waals surface area contributed by atoms with Crippen LogP contribution < -0.4 is 9.64 Å². The van der Waals surface area contributed by atoms with Crippen molar-refractivity contribution in [2.24, 2.45) is 10.9 Å². The second-order valence-electron chi connectivity index (χ2n) is 7.22. The predicted octanol–water partition coefficient (Wildman–Crippen LogP) is 3.46. The Balaban J connectivity index is 1.75. The highest BCUT2D eigenvalue weighted by Crippen LogP contribution is 2.43. The summed E-state index contributed by atoms with van der Waals surface area (Å²) in [5.74, 6) is 2.16. The third kappa shape index (κ3) is 3.39. The monoisotopic (exact) mass is 315 g/mol. The molecule has 23 heavy (non-hydrogen) atoms. The molecule has 0 aromatic carbocycles. The summed E-state index contributed by atoms with van der Waals surface area (Å²) in [5.41, 5.74) is 1.03. The van der Waals surface area contributed by atoms with Crippen LogP contribution >= 0.6 is 0 Å². The van der Waals surface area contributed by atoms with Gasteiger partial charge in [0.15, 0.2) is 5.82 Å². The molecule has 1 saturated carbocycles. The lowest BCUT2D eigenvalue weighted by atomic mass is 9.76. The zero-order valence-electron chi connectivity index (χ0n) is 14.1. The van der Waals surface area contributed by atoms with Crippen LogP contribution in [0.5, 0.6) is 5.75 Å². The molecule has 124 valence electrons. The predicted molar refractivity (Wildman–Crippen MR) is 92.6 cm³/mol. The minimum absolute atomic E-state index is 0.225. The molecule has 0 atom stereocenters. The van der Waals surface area contributed by atoms with Gasteiger partial charge < -0.3 is 14.7 Å². The van der Waals surface area contributed by atoms with Crippen molar-refractivity contribution in [3.8, 4) is 5.75 Å². The molecule has 0 amide bonds. The first-order chi connectivity index (χ1) is 10.9. The Morgan fingerprint density at radius 2 is 2.22 bits per heavy atom. The minimum atomic E-state index is -0.584. The number of aromatic nitrogens is 1. The zero-order chi connectivity index (χ0) is 16.6. The van der Waals surface area contributed by atoms with Crippen molar-refractivity contribution in [2.45, 2.75) is 51.7 Å². The number of nitrogens with zero attached hydrogens (tertiary/aromatic N) is 3. The molecule has 2 aliphatic rings. The summed E-state index contributed by atoms with van der Waals surface area (Å²) >= 11 is 0. The van der Waals surface area contributed by atoms with E-state index in [0.717, 1.165) is 29.4 Å². The number of ether oxygens (including phenoxy) is 1. The number of anilines is 1. The fraction of sp³-hybridized carbons (Fsp3) is 0.556. The van der Waals surface area contributed by atoms with Crippen LogP contribution in [0.3, 0.4) is 0 Å². The average molecular weight is 315 g/mol. The molecule has 2 heterocycles. The zero-order valence-corrected chi connectivity index (χ0v) is 14.1. The molecular weight excluding hydrogens is 290 g/mol. The van der Waals surface area contributed by atoms with E-state index in [1.807, 2.05) is 13.0 Å². The molecule has 5 heteroatoms. The molecule has 0 bridgehead atoms. The van der Waals surface area contributed by atoms with Gasteiger partial charge in [-0.25, -0.2) is 4.98 Å². The summed E-state index contributed by atoms with van der Waals surface area (Å²) in [5, 5.41) is 10.0. The molecule has 1 aliphatic heterocycles. The second kappa shape index (κ2) is 5.96. The lowest BCUT2D eigenvalue weighted by molar-refractivity contribution is -0.0292. The van der Waals surface area contributed by atoms with E-state index >= 15 is 0 Å². The molecule has 0 unspecified atom stereocenters. The summed E-state index contributed by atoms with van der Waals surface area (Å²) in [6, 6.07) is 2.15. The van der Waals surface area contributed by atoms with Crippen LogP contribution in [0.25, 0.3) is 0 Å². The van der Waals surface area contributed by atoms with Crippen LogP contribution in [0.1, 0.15) is 40.0 Å². The van der Waals surface area contributed by atoms with Crippen molar-refractivity contribution in [1.29, 1.82) is 0 Å². The van der Waals surface area contributed by atoms with Crippen LogP contribution in [0.2, 0.25) is 0 Å². The molecule has 5 nitrogen and oxygen atoms in total. The van der Waals surface area contributed by atoms with Gasteiger partial charge in [0.2, 0.25) is 0 Å². The molecule has 0 spiro atoms. The number of hydrogen-bond donors (Lipinski definition) is 1. The van der Waals surface area contributed by atoms with Crippen LogP contribution in [0, 0.1) is 5.92 Å². The van der Waals surface area contributed by atoms with E-state index < -0.39 is 5.60 Å². The Bertz CT molecular complexity index is 629. The first-order valence-corrected chi connectivity index (χ1v) is 8.23. The molecule has 0 radical (unpaired) electrons. The Labute approximate surface area is 137 Å². The minimum Gasteiger partial charge on any atom is -0.492 e. The van der Waals surface area contributed by atoms with E-state index in [-0.39, 0.29) is 6.04 Å². The fourth-order valence-corrected chi connectivity index (χ4v) is 3.09. The van der Waals surface area contributed by atoms with E-state index in [9.17, 15) is 5.11 Å². The van der Waals surface area contributed by atoms with E-state index in [1.165, 1.54) is 0 Å². The Morgan fingerprint density at radius 3 is 2.87 bits per heavy atom. The van der Waals surface area contributed by atoms with E-state index in [0.29, 0.717) is 25.4 Å². The average Bonchev–Trinajstić information content (AvgIpc) is 2.44. The highest BCUT2D eigenvalue weighted by molar-refractivity contribution is 5.92. The van der Waals surface area contributed by atoms with Gasteiger partial charge in [-0.05, 0) is 32.1 Å². The van der Waals surface area contributed by atoms with Crippen LogP contribution in [0.4, 0.5) is 11.5 Å². The third-order valence-corrected chi connectivity index (χ3v) is 4.39. The van der Waals surface area contributed by atoms with E-state index in [1.54, 1.807) is 12.4 Å². The van der Waals surface area contributed by atoms with Gasteiger partial charge in [0, 0.05) is 12.1 Å². The lowest BCUT2D eigenvalue weighted by Crippen LogP contribution is -2.54. The van der Waals surface area contributed by atoms with Crippen molar-refractivity contribution in [1.82, 2.24) is 4.98 Å². The van der Waals surface area contributed by atoms with Crippen LogP contribution in [-0.4, -0.2) is 34.6 Å². The van der Waals surface area contributed by atoms with Crippen molar-refractivity contribution in [3.63, 3.8) is 0 Å². The smallest absolute Gasteiger partial charge is 0.159 e. The molecule has 3 rings (SSSR count). The largest absolute Gasteiger partial charge is 0.492 e. The Hall–Kier alpha value is -1.88. The number of aliphatic imine (C=N–C) groups is 1. The SMILES string of the molecule is C=C1C=Nc2cc(OCCC(C)C)cnc2N1C1CC(C)(O)C1. The maximum Gasteiger partial charge on any atom is 0.159 e. The van der Waals surface area contributed by atoms with Gasteiger partial charge in [0.25, 0.3) is 0 Å². The highest BCUT2D eigenvalue weighted by atomic mass is 16.5. The maximum atomic E-state index is 10.0. The molecule has 0 saturated heterocycles. The normalized spacial score (nSPS) is 26.2. The van der Waals surface area contributed by atoms with Gasteiger partial charge in [-0.3, -0.25) is 4.99 Å². The van der Waals surface area contributed by atoms with Gasteiger partial charge in [0.1, 0.15) is 11.4 Å². The Kier molecular flexibility index (Phi) is 4.15. The molecule has 1 N–H and O–H groups in total. The summed E-state index contributed by atoms with van der Waals surface area (Å²) in [6.45, 7) is 11.0. The van der Waals surface area contributed by atoms with Crippen LogP contribution in [0.15, 0.2) is 29.5 Å². The van der Waals surface area contributed by atoms with Crippen molar-refractivity contribution >= 4 is 17.7 Å². The van der Waals surface area contributed by atoms with Gasteiger partial charge in [-0.15, -0.1) is 0 Å². The van der Waals surface area contributed by atoms with Crippen molar-refractivity contribution in [3.05, 3.63) is 24.5 Å². The number of pyridine rings is 1. The third-order valence-electron chi connectivity index (χ3n) is 4.39. The number of hydrogen-bond acceptors (Lipinski definition) is 5.